The SMILES string of the molecule is CN(C)CCCN(CCCN(C)C)C(=O)CC1CNC1. The van der Waals surface area contributed by atoms with Gasteiger partial charge in [-0.3, -0.25) is 4.79 Å². The highest BCUT2D eigenvalue weighted by Gasteiger charge is 2.23. The zero-order valence-electron chi connectivity index (χ0n) is 13.7. The molecule has 1 heterocycles. The van der Waals surface area contributed by atoms with E-state index >= 15 is 0 Å². The van der Waals surface area contributed by atoms with Crippen LogP contribution in [0.4, 0.5) is 0 Å². The second-order valence-electron chi connectivity index (χ2n) is 6.42. The lowest BCUT2D eigenvalue weighted by Gasteiger charge is -2.30. The van der Waals surface area contributed by atoms with Crippen LogP contribution in [0.3, 0.4) is 0 Å². The molecule has 5 heteroatoms. The smallest absolute Gasteiger partial charge is 0.222 e. The third-order valence-corrected chi connectivity index (χ3v) is 3.75. The van der Waals surface area contributed by atoms with Crippen LogP contribution < -0.4 is 5.32 Å². The number of nitrogens with zero attached hydrogens (tertiary/aromatic N) is 3. The quantitative estimate of drug-likeness (QED) is 0.627. The van der Waals surface area contributed by atoms with Crippen molar-refractivity contribution in [2.24, 2.45) is 5.92 Å². The Morgan fingerprint density at radius 2 is 1.45 bits per heavy atom. The van der Waals surface area contributed by atoms with Crippen molar-refractivity contribution in [2.45, 2.75) is 19.3 Å². The van der Waals surface area contributed by atoms with Crippen LogP contribution in [0.2, 0.25) is 0 Å². The van der Waals surface area contributed by atoms with Crippen molar-refractivity contribution in [1.29, 1.82) is 0 Å². The van der Waals surface area contributed by atoms with E-state index in [1.54, 1.807) is 0 Å². The van der Waals surface area contributed by atoms with Crippen molar-refractivity contribution in [2.75, 3.05) is 67.5 Å². The first kappa shape index (κ1) is 17.4. The van der Waals surface area contributed by atoms with E-state index in [2.05, 4.69) is 48.2 Å². The molecule has 1 rings (SSSR count). The average molecular weight is 284 g/mol. The van der Waals surface area contributed by atoms with Crippen molar-refractivity contribution < 1.29 is 4.79 Å². The molecule has 118 valence electrons. The molecule has 0 aliphatic carbocycles. The second-order valence-corrected chi connectivity index (χ2v) is 6.42. The average Bonchev–Trinajstić information content (AvgIpc) is 2.30. The van der Waals surface area contributed by atoms with Gasteiger partial charge in [0.1, 0.15) is 0 Å². The van der Waals surface area contributed by atoms with Crippen LogP contribution in [0, 0.1) is 5.92 Å². The molecule has 20 heavy (non-hydrogen) atoms. The summed E-state index contributed by atoms with van der Waals surface area (Å²) in [5, 5.41) is 3.24. The normalized spacial score (nSPS) is 15.7. The Bertz CT molecular complexity index is 263. The van der Waals surface area contributed by atoms with Gasteiger partial charge in [0, 0.05) is 19.5 Å². The van der Waals surface area contributed by atoms with Crippen molar-refractivity contribution in [3.63, 3.8) is 0 Å². The minimum absolute atomic E-state index is 0.342. The molecular weight excluding hydrogens is 252 g/mol. The van der Waals surface area contributed by atoms with Crippen LogP contribution in [-0.2, 0) is 4.79 Å². The Hall–Kier alpha value is -0.650. The zero-order valence-corrected chi connectivity index (χ0v) is 13.7. The summed E-state index contributed by atoms with van der Waals surface area (Å²) in [7, 11) is 8.33. The molecule has 1 amide bonds. The molecule has 0 unspecified atom stereocenters. The number of carbonyl (C=O) groups is 1. The maximum Gasteiger partial charge on any atom is 0.222 e. The van der Waals surface area contributed by atoms with E-state index in [4.69, 9.17) is 0 Å². The van der Waals surface area contributed by atoms with E-state index in [1.807, 2.05) is 0 Å². The summed E-state index contributed by atoms with van der Waals surface area (Å²) in [6.45, 7) is 5.89. The number of hydrogen-bond donors (Lipinski definition) is 1. The topological polar surface area (TPSA) is 38.8 Å². The van der Waals surface area contributed by atoms with E-state index in [0.717, 1.165) is 58.5 Å². The largest absolute Gasteiger partial charge is 0.343 e. The highest BCUT2D eigenvalue weighted by atomic mass is 16.2. The fourth-order valence-electron chi connectivity index (χ4n) is 2.39. The van der Waals surface area contributed by atoms with Gasteiger partial charge in [-0.25, -0.2) is 0 Å². The van der Waals surface area contributed by atoms with E-state index in [-0.39, 0.29) is 0 Å². The lowest BCUT2D eigenvalue weighted by atomic mass is 9.98. The number of amides is 1. The molecule has 0 spiro atoms. The monoisotopic (exact) mass is 284 g/mol. The van der Waals surface area contributed by atoms with Gasteiger partial charge >= 0.3 is 0 Å². The molecular formula is C15H32N4O. The van der Waals surface area contributed by atoms with Crippen molar-refractivity contribution >= 4 is 5.91 Å². The molecule has 0 aromatic rings. The van der Waals surface area contributed by atoms with Gasteiger partial charge in [0.05, 0.1) is 0 Å². The zero-order chi connectivity index (χ0) is 15.0. The van der Waals surface area contributed by atoms with Crippen LogP contribution in [-0.4, -0.2) is 88.1 Å². The Morgan fingerprint density at radius 3 is 1.80 bits per heavy atom. The summed E-state index contributed by atoms with van der Waals surface area (Å²) < 4.78 is 0. The maximum atomic E-state index is 12.4. The summed E-state index contributed by atoms with van der Waals surface area (Å²) in [6.07, 6.45) is 2.84. The number of carbonyl (C=O) groups excluding carboxylic acids is 1. The number of rotatable bonds is 10. The van der Waals surface area contributed by atoms with Gasteiger partial charge in [-0.05, 0) is 73.1 Å². The molecule has 1 aliphatic rings. The molecule has 0 radical (unpaired) electrons. The minimum Gasteiger partial charge on any atom is -0.343 e. The van der Waals surface area contributed by atoms with Crippen LogP contribution in [0.15, 0.2) is 0 Å². The van der Waals surface area contributed by atoms with Gasteiger partial charge in [0.25, 0.3) is 0 Å². The number of hydrogen-bond acceptors (Lipinski definition) is 4. The highest BCUT2D eigenvalue weighted by molar-refractivity contribution is 5.76. The third-order valence-electron chi connectivity index (χ3n) is 3.75. The van der Waals surface area contributed by atoms with Gasteiger partial charge in [-0.15, -0.1) is 0 Å². The molecule has 1 aliphatic heterocycles. The fraction of sp³-hybridized carbons (Fsp3) is 0.933. The minimum atomic E-state index is 0.342. The van der Waals surface area contributed by atoms with Gasteiger partial charge < -0.3 is 20.0 Å². The first-order valence-corrected chi connectivity index (χ1v) is 7.77. The van der Waals surface area contributed by atoms with Crippen LogP contribution in [0.25, 0.3) is 0 Å². The van der Waals surface area contributed by atoms with Crippen molar-refractivity contribution in [3.8, 4) is 0 Å². The highest BCUT2D eigenvalue weighted by Crippen LogP contribution is 2.11. The molecule has 1 N–H and O–H groups in total. The standard InChI is InChI=1S/C15H32N4O/c1-17(2)7-5-9-19(10-6-8-18(3)4)15(20)11-14-12-16-13-14/h14,16H,5-13H2,1-4H3. The van der Waals surface area contributed by atoms with E-state index in [9.17, 15) is 4.79 Å². The van der Waals surface area contributed by atoms with Gasteiger partial charge in [0.15, 0.2) is 0 Å². The van der Waals surface area contributed by atoms with Crippen molar-refractivity contribution in [3.05, 3.63) is 0 Å². The maximum absolute atomic E-state index is 12.4. The summed E-state index contributed by atoms with van der Waals surface area (Å²) in [4.78, 5) is 18.8. The molecule has 0 aromatic carbocycles. The molecule has 1 saturated heterocycles. The Labute approximate surface area is 124 Å². The molecule has 0 aromatic heterocycles. The first-order valence-electron chi connectivity index (χ1n) is 7.77. The Morgan fingerprint density at radius 1 is 0.950 bits per heavy atom. The third kappa shape index (κ3) is 7.22. The summed E-state index contributed by atoms with van der Waals surface area (Å²) in [5.41, 5.74) is 0. The summed E-state index contributed by atoms with van der Waals surface area (Å²) in [5.74, 6) is 0.904. The number of nitrogens with one attached hydrogen (secondary N) is 1. The molecule has 5 nitrogen and oxygen atoms in total. The molecule has 0 atom stereocenters. The first-order chi connectivity index (χ1) is 9.49. The predicted octanol–water partition coefficient (Wildman–Crippen LogP) is 0.328. The molecule has 1 fully saturated rings. The van der Waals surface area contributed by atoms with E-state index < -0.39 is 0 Å². The van der Waals surface area contributed by atoms with Crippen LogP contribution >= 0.6 is 0 Å². The summed E-state index contributed by atoms with van der Waals surface area (Å²) >= 11 is 0. The Kier molecular flexibility index (Phi) is 8.11. The Balaban J connectivity index is 2.33. The molecule has 0 bridgehead atoms. The summed E-state index contributed by atoms with van der Waals surface area (Å²) in [6, 6.07) is 0. The molecule has 0 saturated carbocycles. The second kappa shape index (κ2) is 9.32. The lowest BCUT2D eigenvalue weighted by Crippen LogP contribution is -2.45. The van der Waals surface area contributed by atoms with Crippen molar-refractivity contribution in [1.82, 2.24) is 20.0 Å². The van der Waals surface area contributed by atoms with Crippen LogP contribution in [0.5, 0.6) is 0 Å². The predicted molar refractivity (Wildman–Crippen MR) is 83.9 cm³/mol. The van der Waals surface area contributed by atoms with Gasteiger partial charge in [-0.2, -0.15) is 0 Å². The lowest BCUT2D eigenvalue weighted by molar-refractivity contribution is -0.132. The van der Waals surface area contributed by atoms with Gasteiger partial charge in [0.2, 0.25) is 5.91 Å². The van der Waals surface area contributed by atoms with E-state index in [0.29, 0.717) is 11.8 Å². The fourth-order valence-corrected chi connectivity index (χ4v) is 2.39. The van der Waals surface area contributed by atoms with Gasteiger partial charge in [-0.1, -0.05) is 0 Å². The van der Waals surface area contributed by atoms with Crippen LogP contribution in [0.1, 0.15) is 19.3 Å². The van der Waals surface area contributed by atoms with E-state index in [1.165, 1.54) is 0 Å².